The quantitative estimate of drug-likeness (QED) is 0.757. The Labute approximate surface area is 163 Å². The molecule has 1 aliphatic heterocycles. The number of nitrogens with zero attached hydrogens (tertiary/aromatic N) is 3. The Bertz CT molecular complexity index is 904. The van der Waals surface area contributed by atoms with Crippen LogP contribution in [0.4, 0.5) is 21.7 Å². The highest BCUT2D eigenvalue weighted by atomic mass is 35.5. The maximum absolute atomic E-state index is 13.3. The summed E-state index contributed by atoms with van der Waals surface area (Å²) in [7, 11) is -3.16. The minimum Gasteiger partial charge on any atom is -0.356 e. The van der Waals surface area contributed by atoms with E-state index in [0.717, 1.165) is 31.7 Å². The summed E-state index contributed by atoms with van der Waals surface area (Å²) in [6, 6.07) is 6.20. The number of sulfonamides is 1. The van der Waals surface area contributed by atoms with E-state index >= 15 is 0 Å². The van der Waals surface area contributed by atoms with Crippen LogP contribution >= 0.6 is 11.6 Å². The van der Waals surface area contributed by atoms with E-state index in [4.69, 9.17) is 11.6 Å². The molecule has 0 bridgehead atoms. The van der Waals surface area contributed by atoms with E-state index in [0.29, 0.717) is 24.0 Å². The third kappa shape index (κ3) is 5.75. The molecular weight excluding hydrogens is 393 g/mol. The van der Waals surface area contributed by atoms with Crippen LogP contribution in [-0.2, 0) is 10.0 Å². The first kappa shape index (κ1) is 19.8. The fourth-order valence-corrected chi connectivity index (χ4v) is 3.66. The Morgan fingerprint density at radius 3 is 2.67 bits per heavy atom. The van der Waals surface area contributed by atoms with Gasteiger partial charge in [0.25, 0.3) is 0 Å². The molecule has 146 valence electrons. The van der Waals surface area contributed by atoms with Gasteiger partial charge in [0.2, 0.25) is 10.0 Å². The monoisotopic (exact) mass is 413 g/mol. The average molecular weight is 414 g/mol. The molecule has 1 saturated heterocycles. The first-order chi connectivity index (χ1) is 12.8. The normalized spacial score (nSPS) is 15.7. The first-order valence-electron chi connectivity index (χ1n) is 8.54. The molecule has 0 radical (unpaired) electrons. The van der Waals surface area contributed by atoms with Gasteiger partial charge in [0, 0.05) is 31.4 Å². The molecule has 0 amide bonds. The largest absolute Gasteiger partial charge is 0.356 e. The second-order valence-electron chi connectivity index (χ2n) is 6.57. The van der Waals surface area contributed by atoms with Crippen LogP contribution in [-0.4, -0.2) is 44.3 Å². The van der Waals surface area contributed by atoms with Crippen molar-refractivity contribution in [3.63, 3.8) is 0 Å². The third-order valence-corrected chi connectivity index (χ3v) is 5.40. The first-order valence-corrected chi connectivity index (χ1v) is 10.8. The molecule has 0 spiro atoms. The lowest BCUT2D eigenvalue weighted by Gasteiger charge is -2.32. The topological polar surface area (TPSA) is 87.2 Å². The number of rotatable bonds is 6. The fourth-order valence-electron chi connectivity index (χ4n) is 2.95. The van der Waals surface area contributed by atoms with Gasteiger partial charge >= 0.3 is 0 Å². The number of piperidine rings is 1. The highest BCUT2D eigenvalue weighted by molar-refractivity contribution is 7.88. The van der Waals surface area contributed by atoms with Crippen molar-refractivity contribution in [1.29, 1.82) is 0 Å². The molecule has 0 aliphatic carbocycles. The van der Waals surface area contributed by atoms with Gasteiger partial charge in [0.05, 0.1) is 11.3 Å². The van der Waals surface area contributed by atoms with Crippen molar-refractivity contribution in [2.75, 3.05) is 36.1 Å². The number of halogens is 2. The van der Waals surface area contributed by atoms with Gasteiger partial charge in [-0.25, -0.2) is 27.5 Å². The third-order valence-electron chi connectivity index (χ3n) is 4.42. The van der Waals surface area contributed by atoms with Gasteiger partial charge in [-0.3, -0.25) is 0 Å². The van der Waals surface area contributed by atoms with Crippen LogP contribution in [0.1, 0.15) is 12.8 Å². The highest BCUT2D eigenvalue weighted by Crippen LogP contribution is 2.25. The molecule has 10 heteroatoms. The van der Waals surface area contributed by atoms with Gasteiger partial charge in [-0.15, -0.1) is 0 Å². The lowest BCUT2D eigenvalue weighted by atomic mass is 9.97. The average Bonchev–Trinajstić information content (AvgIpc) is 2.63. The van der Waals surface area contributed by atoms with E-state index in [1.54, 1.807) is 6.07 Å². The summed E-state index contributed by atoms with van der Waals surface area (Å²) in [5.41, 5.74) is 0.636. The van der Waals surface area contributed by atoms with Crippen molar-refractivity contribution in [1.82, 2.24) is 14.7 Å². The van der Waals surface area contributed by atoms with Gasteiger partial charge < -0.3 is 10.2 Å². The van der Waals surface area contributed by atoms with E-state index in [1.807, 2.05) is 6.07 Å². The summed E-state index contributed by atoms with van der Waals surface area (Å²) in [6.07, 6.45) is 4.40. The van der Waals surface area contributed by atoms with Gasteiger partial charge in [-0.05, 0) is 37.0 Å². The standard InChI is InChI=1S/C17H21ClFN5O2S/c1-27(25,26)22-10-12-4-6-24(7-5-12)17-9-16(20-11-21-17)23-13-2-3-15(19)14(18)8-13/h2-3,8-9,11-12,22H,4-7,10H2,1H3,(H,20,21,23). The van der Waals surface area contributed by atoms with Gasteiger partial charge in [0.15, 0.2) is 0 Å². The lowest BCUT2D eigenvalue weighted by Crippen LogP contribution is -2.38. The fraction of sp³-hybridized carbons (Fsp3) is 0.412. The molecule has 2 N–H and O–H groups in total. The maximum Gasteiger partial charge on any atom is 0.208 e. The van der Waals surface area contributed by atoms with Crippen molar-refractivity contribution < 1.29 is 12.8 Å². The van der Waals surface area contributed by atoms with Crippen molar-refractivity contribution >= 4 is 38.9 Å². The van der Waals surface area contributed by atoms with Crippen LogP contribution in [0.2, 0.25) is 5.02 Å². The molecule has 1 aliphatic rings. The highest BCUT2D eigenvalue weighted by Gasteiger charge is 2.21. The Morgan fingerprint density at radius 1 is 1.26 bits per heavy atom. The Morgan fingerprint density at radius 2 is 2.00 bits per heavy atom. The number of aromatic nitrogens is 2. The molecular formula is C17H21ClFN5O2S. The summed E-state index contributed by atoms with van der Waals surface area (Å²) in [5, 5.41) is 3.13. The molecule has 0 unspecified atom stereocenters. The van der Waals surface area contributed by atoms with Crippen molar-refractivity contribution in [2.45, 2.75) is 12.8 Å². The zero-order chi connectivity index (χ0) is 19.4. The zero-order valence-corrected chi connectivity index (χ0v) is 16.4. The smallest absolute Gasteiger partial charge is 0.208 e. The van der Waals surface area contributed by atoms with Gasteiger partial charge in [0.1, 0.15) is 23.8 Å². The molecule has 2 aromatic rings. The minimum atomic E-state index is -3.16. The predicted octanol–water partition coefficient (Wildman–Crippen LogP) is 2.78. The second-order valence-corrected chi connectivity index (χ2v) is 8.81. The predicted molar refractivity (Wildman–Crippen MR) is 105 cm³/mol. The molecule has 27 heavy (non-hydrogen) atoms. The summed E-state index contributed by atoms with van der Waals surface area (Å²) in [4.78, 5) is 10.7. The van der Waals surface area contributed by atoms with E-state index in [2.05, 4.69) is 24.9 Å². The molecule has 0 atom stereocenters. The van der Waals surface area contributed by atoms with Crippen LogP contribution < -0.4 is 14.9 Å². The number of hydrogen-bond acceptors (Lipinski definition) is 6. The summed E-state index contributed by atoms with van der Waals surface area (Å²) in [6.45, 7) is 2.04. The summed E-state index contributed by atoms with van der Waals surface area (Å²) >= 11 is 5.80. The van der Waals surface area contributed by atoms with Crippen molar-refractivity contribution in [2.24, 2.45) is 5.92 Å². The number of nitrogens with one attached hydrogen (secondary N) is 2. The van der Waals surface area contributed by atoms with E-state index in [1.165, 1.54) is 24.7 Å². The molecule has 1 fully saturated rings. The molecule has 7 nitrogen and oxygen atoms in total. The van der Waals surface area contributed by atoms with Crippen molar-refractivity contribution in [3.05, 3.63) is 41.4 Å². The van der Waals surface area contributed by atoms with Gasteiger partial charge in [-0.2, -0.15) is 0 Å². The Kier molecular flexibility index (Phi) is 6.13. The zero-order valence-electron chi connectivity index (χ0n) is 14.8. The SMILES string of the molecule is CS(=O)(=O)NCC1CCN(c2cc(Nc3ccc(F)c(Cl)c3)ncn2)CC1. The van der Waals surface area contributed by atoms with Crippen LogP contribution in [0.15, 0.2) is 30.6 Å². The molecule has 3 rings (SSSR count). The van der Waals surface area contributed by atoms with E-state index in [9.17, 15) is 12.8 Å². The summed E-state index contributed by atoms with van der Waals surface area (Å²) < 4.78 is 38.3. The Hall–Kier alpha value is -1.97. The minimum absolute atomic E-state index is 0.0408. The van der Waals surface area contributed by atoms with E-state index in [-0.39, 0.29) is 5.02 Å². The number of benzene rings is 1. The molecule has 1 aromatic heterocycles. The molecule has 0 saturated carbocycles. The summed E-state index contributed by atoms with van der Waals surface area (Å²) in [5.74, 6) is 1.22. The van der Waals surface area contributed by atoms with Crippen LogP contribution in [0, 0.1) is 11.7 Å². The van der Waals surface area contributed by atoms with Crippen LogP contribution in [0.25, 0.3) is 0 Å². The van der Waals surface area contributed by atoms with E-state index < -0.39 is 15.8 Å². The molecule has 2 heterocycles. The maximum atomic E-state index is 13.3. The molecule has 1 aromatic carbocycles. The number of hydrogen-bond donors (Lipinski definition) is 2. The number of anilines is 3. The Balaban J connectivity index is 1.60. The van der Waals surface area contributed by atoms with Crippen molar-refractivity contribution in [3.8, 4) is 0 Å². The van der Waals surface area contributed by atoms with Crippen LogP contribution in [0.5, 0.6) is 0 Å². The second kappa shape index (κ2) is 8.37. The van der Waals surface area contributed by atoms with Crippen LogP contribution in [0.3, 0.4) is 0 Å². The van der Waals surface area contributed by atoms with Gasteiger partial charge in [-0.1, -0.05) is 11.6 Å². The lowest BCUT2D eigenvalue weighted by molar-refractivity contribution is 0.401.